The van der Waals surface area contributed by atoms with Gasteiger partial charge in [-0.3, -0.25) is 4.79 Å². The van der Waals surface area contributed by atoms with Crippen molar-refractivity contribution in [3.05, 3.63) is 11.6 Å². The Bertz CT molecular complexity index is 436. The average Bonchev–Trinajstić information content (AvgIpc) is 3.10. The fourth-order valence-electron chi connectivity index (χ4n) is 3.37. The second kappa shape index (κ2) is 9.03. The van der Waals surface area contributed by atoms with E-state index in [2.05, 4.69) is 40.7 Å². The van der Waals surface area contributed by atoms with E-state index in [0.717, 1.165) is 45.1 Å². The molecule has 0 spiro atoms. The van der Waals surface area contributed by atoms with Crippen LogP contribution in [0.5, 0.6) is 0 Å². The maximum absolute atomic E-state index is 12.0. The molecule has 1 aliphatic rings. The Morgan fingerprint density at radius 3 is 2.62 bits per heavy atom. The van der Waals surface area contributed by atoms with E-state index in [9.17, 15) is 4.79 Å². The molecule has 1 saturated carbocycles. The first-order chi connectivity index (χ1) is 11.1. The van der Waals surface area contributed by atoms with Crippen molar-refractivity contribution in [1.82, 2.24) is 0 Å². The molecule has 0 aromatic heterocycles. The topological polar surface area (TPSA) is 35.5 Å². The lowest BCUT2D eigenvalue weighted by molar-refractivity contribution is -0.149. The summed E-state index contributed by atoms with van der Waals surface area (Å²) < 4.78 is 11.1. The van der Waals surface area contributed by atoms with Gasteiger partial charge in [-0.1, -0.05) is 18.6 Å². The van der Waals surface area contributed by atoms with E-state index in [1.165, 1.54) is 5.57 Å². The van der Waals surface area contributed by atoms with Crippen LogP contribution in [0.4, 0.5) is 0 Å². The highest BCUT2D eigenvalue weighted by Gasteiger charge is 2.54. The van der Waals surface area contributed by atoms with E-state index in [0.29, 0.717) is 0 Å². The molecule has 0 N–H and O–H groups in total. The van der Waals surface area contributed by atoms with Crippen LogP contribution in [-0.2, 0) is 14.3 Å². The highest BCUT2D eigenvalue weighted by Crippen LogP contribution is 2.56. The molecule has 3 nitrogen and oxygen atoms in total. The molecule has 0 heterocycles. The summed E-state index contributed by atoms with van der Waals surface area (Å²) in [6.45, 7) is 15.4. The van der Waals surface area contributed by atoms with E-state index in [1.54, 1.807) is 0 Å². The third-order valence-corrected chi connectivity index (χ3v) is 5.08. The van der Waals surface area contributed by atoms with E-state index >= 15 is 0 Å². The summed E-state index contributed by atoms with van der Waals surface area (Å²) in [6.07, 6.45) is 8.84. The molecular weight excluding hydrogens is 300 g/mol. The van der Waals surface area contributed by atoms with Gasteiger partial charge in [0, 0.05) is 6.61 Å². The molecule has 2 atom stereocenters. The van der Waals surface area contributed by atoms with Gasteiger partial charge in [0.15, 0.2) is 0 Å². The van der Waals surface area contributed by atoms with Gasteiger partial charge < -0.3 is 9.47 Å². The summed E-state index contributed by atoms with van der Waals surface area (Å²) in [6, 6.07) is 0. The summed E-state index contributed by atoms with van der Waals surface area (Å²) in [7, 11) is 0. The zero-order chi connectivity index (χ0) is 18.4. The lowest BCUT2D eigenvalue weighted by Gasteiger charge is -2.24. The SMILES string of the molecule is CCOC(C)(C)CCCC(C)=CCCC1(C)CC1C(=O)OC(C)C. The number of carbonyl (C=O) groups is 1. The minimum atomic E-state index is -0.0134. The molecule has 24 heavy (non-hydrogen) atoms. The molecule has 0 aromatic rings. The Hall–Kier alpha value is -0.830. The van der Waals surface area contributed by atoms with Crippen molar-refractivity contribution in [3.63, 3.8) is 0 Å². The lowest BCUT2D eigenvalue weighted by atomic mass is 9.96. The highest BCUT2D eigenvalue weighted by molar-refractivity contribution is 5.77. The van der Waals surface area contributed by atoms with Crippen molar-refractivity contribution in [2.24, 2.45) is 11.3 Å². The first-order valence-corrected chi connectivity index (χ1v) is 9.60. The van der Waals surface area contributed by atoms with Gasteiger partial charge in [0.25, 0.3) is 0 Å². The van der Waals surface area contributed by atoms with Gasteiger partial charge in [0.2, 0.25) is 0 Å². The predicted molar refractivity (Wildman–Crippen MR) is 100.0 cm³/mol. The molecule has 0 aliphatic heterocycles. The second-order valence-electron chi connectivity index (χ2n) is 8.53. The molecule has 0 amide bonds. The number of hydrogen-bond donors (Lipinski definition) is 0. The van der Waals surface area contributed by atoms with Crippen molar-refractivity contribution in [1.29, 1.82) is 0 Å². The number of allylic oxidation sites excluding steroid dienone is 2. The summed E-state index contributed by atoms with van der Waals surface area (Å²) in [4.78, 5) is 12.0. The number of carbonyl (C=O) groups excluding carboxylic acids is 1. The number of rotatable bonds is 11. The van der Waals surface area contributed by atoms with Gasteiger partial charge in [-0.05, 0) is 85.5 Å². The molecule has 0 saturated heterocycles. The maximum Gasteiger partial charge on any atom is 0.309 e. The Balaban J connectivity index is 2.26. The Morgan fingerprint density at radius 1 is 1.38 bits per heavy atom. The summed E-state index contributed by atoms with van der Waals surface area (Å²) >= 11 is 0. The van der Waals surface area contributed by atoms with Crippen molar-refractivity contribution >= 4 is 5.97 Å². The zero-order valence-electron chi connectivity index (χ0n) is 16.9. The second-order valence-corrected chi connectivity index (χ2v) is 8.53. The van der Waals surface area contributed by atoms with Gasteiger partial charge in [0.1, 0.15) is 0 Å². The fourth-order valence-corrected chi connectivity index (χ4v) is 3.37. The van der Waals surface area contributed by atoms with Crippen LogP contribution in [0.2, 0.25) is 0 Å². The van der Waals surface area contributed by atoms with Crippen LogP contribution in [-0.4, -0.2) is 24.3 Å². The Morgan fingerprint density at radius 2 is 2.04 bits per heavy atom. The van der Waals surface area contributed by atoms with Crippen molar-refractivity contribution in [2.45, 2.75) is 98.7 Å². The summed E-state index contributed by atoms with van der Waals surface area (Å²) in [5.74, 6) is 0.104. The van der Waals surface area contributed by atoms with Crippen LogP contribution in [0, 0.1) is 11.3 Å². The molecule has 3 heteroatoms. The van der Waals surface area contributed by atoms with Gasteiger partial charge in [-0.25, -0.2) is 0 Å². The molecule has 0 aromatic carbocycles. The van der Waals surface area contributed by atoms with E-state index in [-0.39, 0.29) is 29.0 Å². The molecule has 2 unspecified atom stereocenters. The quantitative estimate of drug-likeness (QED) is 0.359. The summed E-state index contributed by atoms with van der Waals surface area (Å²) in [5, 5.41) is 0. The minimum Gasteiger partial charge on any atom is -0.463 e. The smallest absolute Gasteiger partial charge is 0.309 e. The van der Waals surface area contributed by atoms with E-state index < -0.39 is 0 Å². The fraction of sp³-hybridized carbons (Fsp3) is 0.857. The maximum atomic E-state index is 12.0. The van der Waals surface area contributed by atoms with Gasteiger partial charge in [0.05, 0.1) is 17.6 Å². The largest absolute Gasteiger partial charge is 0.463 e. The van der Waals surface area contributed by atoms with Gasteiger partial charge in [-0.2, -0.15) is 0 Å². The highest BCUT2D eigenvalue weighted by atomic mass is 16.5. The van der Waals surface area contributed by atoms with Crippen LogP contribution < -0.4 is 0 Å². The molecule has 1 aliphatic carbocycles. The molecule has 140 valence electrons. The third-order valence-electron chi connectivity index (χ3n) is 5.08. The van der Waals surface area contributed by atoms with Crippen molar-refractivity contribution < 1.29 is 14.3 Å². The van der Waals surface area contributed by atoms with Crippen LogP contribution in [0.3, 0.4) is 0 Å². The molecule has 1 fully saturated rings. The van der Waals surface area contributed by atoms with Crippen molar-refractivity contribution in [3.8, 4) is 0 Å². The normalized spacial score (nSPS) is 24.3. The van der Waals surface area contributed by atoms with Gasteiger partial charge in [-0.15, -0.1) is 0 Å². The zero-order valence-corrected chi connectivity index (χ0v) is 16.9. The standard InChI is InChI=1S/C21H38O3/c1-8-23-20(5,6)13-9-11-17(4)12-10-14-21(7)15-18(21)19(22)24-16(2)3/h12,16,18H,8-11,13-15H2,1-7H3. The minimum absolute atomic E-state index is 0.00800. The van der Waals surface area contributed by atoms with Crippen LogP contribution in [0.15, 0.2) is 11.6 Å². The van der Waals surface area contributed by atoms with Crippen LogP contribution in [0.25, 0.3) is 0 Å². The number of hydrogen-bond acceptors (Lipinski definition) is 3. The number of ether oxygens (including phenoxy) is 2. The lowest BCUT2D eigenvalue weighted by Crippen LogP contribution is -2.24. The van der Waals surface area contributed by atoms with Crippen LogP contribution >= 0.6 is 0 Å². The van der Waals surface area contributed by atoms with E-state index in [4.69, 9.17) is 9.47 Å². The van der Waals surface area contributed by atoms with E-state index in [1.807, 2.05) is 13.8 Å². The first kappa shape index (κ1) is 21.2. The average molecular weight is 339 g/mol. The Labute approximate surface area is 149 Å². The van der Waals surface area contributed by atoms with Crippen molar-refractivity contribution in [2.75, 3.05) is 6.61 Å². The van der Waals surface area contributed by atoms with Gasteiger partial charge >= 0.3 is 5.97 Å². The summed E-state index contributed by atoms with van der Waals surface area (Å²) in [5.41, 5.74) is 1.59. The third kappa shape index (κ3) is 7.38. The monoisotopic (exact) mass is 338 g/mol. The molecule has 0 bridgehead atoms. The predicted octanol–water partition coefficient (Wildman–Crippen LogP) is 5.68. The molecule has 1 rings (SSSR count). The Kier molecular flexibility index (Phi) is 7.98. The molecule has 0 radical (unpaired) electrons. The molecular formula is C21H38O3. The first-order valence-electron chi connectivity index (χ1n) is 9.60. The van der Waals surface area contributed by atoms with Crippen LogP contribution in [0.1, 0.15) is 87.0 Å². The number of esters is 1.